The molecule has 0 amide bonds. The van der Waals surface area contributed by atoms with Gasteiger partial charge in [0.05, 0.1) is 74.3 Å². The standard InChI is InChI=1S/C46H78O12/c1-43(2)34-12-13-37-36-11-10-27(45(36,5)16-17-46(37,6)35(34)14-15-38(43)57-41-22-29(50)19-32(25-48)55-41)8-7-9-39(44(3,4)52)58-42-23-30(51)20-33(56-42)26-53-40-21-28(49)18-31(24-47)54-40/h12,27-33,35-42,47-52H,7-11,13-26H2,1-6H3/t27?,28-,29-,30-,31-,32-,33-,35?,36?,37-,38-,39+,40+,41-,42-,45+,46-/m0/s1. The molecule has 7 aliphatic rings. The summed E-state index contributed by atoms with van der Waals surface area (Å²) in [6.07, 6.45) is 10.6. The van der Waals surface area contributed by atoms with Crippen molar-refractivity contribution in [3.8, 4) is 0 Å². The Bertz CT molecular complexity index is 1380. The smallest absolute Gasteiger partial charge is 0.161 e. The minimum absolute atomic E-state index is 0.00914. The Kier molecular flexibility index (Phi) is 14.2. The van der Waals surface area contributed by atoms with Crippen molar-refractivity contribution in [3.05, 3.63) is 11.6 Å². The third kappa shape index (κ3) is 9.59. The lowest BCUT2D eigenvalue weighted by atomic mass is 9.43. The van der Waals surface area contributed by atoms with E-state index in [0.29, 0.717) is 68.6 Å². The molecule has 0 bridgehead atoms. The summed E-state index contributed by atoms with van der Waals surface area (Å²) in [6.45, 7) is 13.3. The Labute approximate surface area is 347 Å². The largest absolute Gasteiger partial charge is 0.394 e. The molecular formula is C46H78O12. The number of aliphatic hydroxyl groups is 6. The first-order valence-corrected chi connectivity index (χ1v) is 23.0. The fourth-order valence-corrected chi connectivity index (χ4v) is 13.2. The second kappa shape index (κ2) is 18.2. The fourth-order valence-electron chi connectivity index (χ4n) is 13.2. The van der Waals surface area contributed by atoms with E-state index in [-0.39, 0.29) is 48.3 Å². The molecule has 3 aliphatic heterocycles. The number of allylic oxidation sites excluding steroid dienone is 1. The average Bonchev–Trinajstić information content (AvgIpc) is 3.49. The normalized spacial score (nSPS) is 46.1. The molecule has 58 heavy (non-hydrogen) atoms. The van der Waals surface area contributed by atoms with Gasteiger partial charge in [0.1, 0.15) is 0 Å². The molecule has 4 aliphatic carbocycles. The topological polar surface area (TPSA) is 177 Å². The summed E-state index contributed by atoms with van der Waals surface area (Å²) in [5.41, 5.74) is 0.872. The third-order valence-electron chi connectivity index (χ3n) is 16.5. The predicted octanol–water partition coefficient (Wildman–Crippen LogP) is 5.51. The zero-order valence-corrected chi connectivity index (χ0v) is 36.3. The van der Waals surface area contributed by atoms with E-state index in [1.165, 1.54) is 25.7 Å². The first-order chi connectivity index (χ1) is 27.4. The first kappa shape index (κ1) is 45.3. The molecule has 3 saturated carbocycles. The molecule has 7 rings (SSSR count). The number of hydrogen-bond donors (Lipinski definition) is 6. The van der Waals surface area contributed by atoms with Crippen LogP contribution in [0.3, 0.4) is 0 Å². The molecule has 3 unspecified atom stereocenters. The minimum Gasteiger partial charge on any atom is -0.394 e. The van der Waals surface area contributed by atoms with Crippen LogP contribution < -0.4 is 0 Å². The Morgan fingerprint density at radius 1 is 0.741 bits per heavy atom. The van der Waals surface area contributed by atoms with Crippen LogP contribution in [-0.2, 0) is 28.4 Å². The highest BCUT2D eigenvalue weighted by molar-refractivity contribution is 5.29. The van der Waals surface area contributed by atoms with Crippen molar-refractivity contribution < 1.29 is 59.1 Å². The van der Waals surface area contributed by atoms with Crippen LogP contribution in [-0.4, -0.2) is 124 Å². The van der Waals surface area contributed by atoms with Crippen LogP contribution in [0.2, 0.25) is 0 Å². The highest BCUT2D eigenvalue weighted by Gasteiger charge is 2.62. The SMILES string of the molecule is CC(C)(O)[C@@H](CCCC1CCC2[C@@H]3CC=C4C(CC[C@H](O[C@H]5C[C@@H](O)C[C@@H](CO)O5)C4(C)C)[C@]3(C)CC[C@]12C)O[C@H]1C[C@@H](O)C[C@@H](CO[C@H]2C[C@@H](O)C[C@@H](CO)O2)O1. The highest BCUT2D eigenvalue weighted by atomic mass is 16.7. The van der Waals surface area contributed by atoms with E-state index in [1.54, 1.807) is 19.4 Å². The molecule has 6 N–H and O–H groups in total. The maximum atomic E-state index is 11.3. The van der Waals surface area contributed by atoms with E-state index in [2.05, 4.69) is 33.8 Å². The van der Waals surface area contributed by atoms with Crippen LogP contribution in [0.25, 0.3) is 0 Å². The van der Waals surface area contributed by atoms with Crippen molar-refractivity contribution in [1.82, 2.24) is 0 Å². The van der Waals surface area contributed by atoms with Gasteiger partial charge in [-0.3, -0.25) is 0 Å². The Hall–Kier alpha value is -0.740. The lowest BCUT2D eigenvalue weighted by Gasteiger charge is -2.62. The molecule has 3 heterocycles. The van der Waals surface area contributed by atoms with E-state index in [1.807, 2.05) is 0 Å². The molecule has 0 aromatic heterocycles. The van der Waals surface area contributed by atoms with Gasteiger partial charge >= 0.3 is 0 Å². The van der Waals surface area contributed by atoms with Gasteiger partial charge in [-0.15, -0.1) is 0 Å². The van der Waals surface area contributed by atoms with Gasteiger partial charge in [-0.05, 0) is 106 Å². The van der Waals surface area contributed by atoms with Gasteiger partial charge < -0.3 is 59.1 Å². The molecule has 3 saturated heterocycles. The predicted molar refractivity (Wildman–Crippen MR) is 216 cm³/mol. The fraction of sp³-hybridized carbons (Fsp3) is 0.957. The Morgan fingerprint density at radius 2 is 1.34 bits per heavy atom. The van der Waals surface area contributed by atoms with E-state index in [9.17, 15) is 30.6 Å². The molecule has 334 valence electrons. The van der Waals surface area contributed by atoms with Gasteiger partial charge in [-0.25, -0.2) is 0 Å². The lowest BCUT2D eigenvalue weighted by molar-refractivity contribution is -0.279. The van der Waals surface area contributed by atoms with Crippen LogP contribution in [0.1, 0.15) is 144 Å². The molecule has 6 fully saturated rings. The monoisotopic (exact) mass is 823 g/mol. The van der Waals surface area contributed by atoms with Gasteiger partial charge in [-0.2, -0.15) is 0 Å². The molecule has 0 aromatic rings. The maximum Gasteiger partial charge on any atom is 0.161 e. The lowest BCUT2D eigenvalue weighted by Crippen LogP contribution is -2.55. The van der Waals surface area contributed by atoms with Crippen molar-refractivity contribution in [2.45, 2.75) is 218 Å². The van der Waals surface area contributed by atoms with Crippen molar-refractivity contribution in [1.29, 1.82) is 0 Å². The van der Waals surface area contributed by atoms with Crippen LogP contribution in [0.4, 0.5) is 0 Å². The molecule has 0 aromatic carbocycles. The van der Waals surface area contributed by atoms with Gasteiger partial charge in [-0.1, -0.05) is 45.8 Å². The van der Waals surface area contributed by atoms with E-state index in [0.717, 1.165) is 32.1 Å². The third-order valence-corrected chi connectivity index (χ3v) is 16.5. The number of rotatable bonds is 14. The van der Waals surface area contributed by atoms with Gasteiger partial charge in [0.25, 0.3) is 0 Å². The number of hydrogen-bond acceptors (Lipinski definition) is 12. The molecule has 12 nitrogen and oxygen atoms in total. The van der Waals surface area contributed by atoms with Gasteiger partial charge in [0.15, 0.2) is 18.9 Å². The van der Waals surface area contributed by atoms with E-state index in [4.69, 9.17) is 28.4 Å². The van der Waals surface area contributed by atoms with Crippen molar-refractivity contribution in [2.24, 2.45) is 39.9 Å². The summed E-state index contributed by atoms with van der Waals surface area (Å²) in [5.74, 6) is 2.51. The zero-order chi connectivity index (χ0) is 41.6. The second-order valence-electron chi connectivity index (χ2n) is 21.2. The molecule has 12 heteroatoms. The summed E-state index contributed by atoms with van der Waals surface area (Å²) >= 11 is 0. The second-order valence-corrected chi connectivity index (χ2v) is 21.2. The Balaban J connectivity index is 0.930. The first-order valence-electron chi connectivity index (χ1n) is 23.0. The van der Waals surface area contributed by atoms with Crippen molar-refractivity contribution in [3.63, 3.8) is 0 Å². The summed E-state index contributed by atoms with van der Waals surface area (Å²) < 4.78 is 37.1. The number of fused-ring (bicyclic) bond motifs is 5. The quantitative estimate of drug-likeness (QED) is 0.121. The van der Waals surface area contributed by atoms with E-state index >= 15 is 0 Å². The number of ether oxygens (including phenoxy) is 6. The summed E-state index contributed by atoms with van der Waals surface area (Å²) in [4.78, 5) is 0. The van der Waals surface area contributed by atoms with Crippen molar-refractivity contribution >= 4 is 0 Å². The minimum atomic E-state index is -1.09. The van der Waals surface area contributed by atoms with Crippen LogP contribution in [0, 0.1) is 39.9 Å². The van der Waals surface area contributed by atoms with Gasteiger partial charge in [0.2, 0.25) is 0 Å². The maximum absolute atomic E-state index is 11.3. The molecule has 0 spiro atoms. The van der Waals surface area contributed by atoms with Crippen molar-refractivity contribution in [2.75, 3.05) is 19.8 Å². The number of aliphatic hydroxyl groups excluding tert-OH is 5. The van der Waals surface area contributed by atoms with Crippen LogP contribution >= 0.6 is 0 Å². The van der Waals surface area contributed by atoms with E-state index < -0.39 is 61.1 Å². The Morgan fingerprint density at radius 3 is 2.02 bits per heavy atom. The molecular weight excluding hydrogens is 744 g/mol. The van der Waals surface area contributed by atoms with Gasteiger partial charge in [0, 0.05) is 43.9 Å². The van der Waals surface area contributed by atoms with Crippen LogP contribution in [0.5, 0.6) is 0 Å². The highest BCUT2D eigenvalue weighted by Crippen LogP contribution is 2.69. The summed E-state index contributed by atoms with van der Waals surface area (Å²) in [7, 11) is 0. The molecule has 0 radical (unpaired) electrons. The van der Waals surface area contributed by atoms with Crippen LogP contribution in [0.15, 0.2) is 11.6 Å². The molecule has 17 atom stereocenters. The zero-order valence-electron chi connectivity index (χ0n) is 36.3. The summed E-state index contributed by atoms with van der Waals surface area (Å²) in [6, 6.07) is 0. The average molecular weight is 823 g/mol. The summed E-state index contributed by atoms with van der Waals surface area (Å²) in [5, 5.41) is 61.8.